The van der Waals surface area contributed by atoms with Gasteiger partial charge in [0.15, 0.2) is 0 Å². The van der Waals surface area contributed by atoms with Crippen molar-refractivity contribution in [3.8, 4) is 0 Å². The van der Waals surface area contributed by atoms with E-state index in [0.717, 1.165) is 6.54 Å². The zero-order chi connectivity index (χ0) is 17.1. The fourth-order valence-electron chi connectivity index (χ4n) is 4.61. The molecule has 25 heavy (non-hydrogen) atoms. The van der Waals surface area contributed by atoms with Gasteiger partial charge in [0.25, 0.3) is 0 Å². The van der Waals surface area contributed by atoms with Crippen molar-refractivity contribution in [1.29, 1.82) is 0 Å². The molecule has 2 aromatic rings. The lowest BCUT2D eigenvalue weighted by atomic mass is 10.0. The zero-order valence-electron chi connectivity index (χ0n) is 15.4. The van der Waals surface area contributed by atoms with E-state index in [4.69, 9.17) is 0 Å². The van der Waals surface area contributed by atoms with Gasteiger partial charge in [-0.25, -0.2) is 0 Å². The van der Waals surface area contributed by atoms with E-state index in [1.165, 1.54) is 56.3 Å². The van der Waals surface area contributed by atoms with Crippen LogP contribution in [0.3, 0.4) is 0 Å². The highest BCUT2D eigenvalue weighted by Gasteiger charge is 2.28. The molecule has 0 radical (unpaired) electrons. The number of para-hydroxylation sites is 1. The number of aryl methyl sites for hydroxylation is 1. The molecular weight excluding hydrogens is 304 g/mol. The molecule has 132 valence electrons. The van der Waals surface area contributed by atoms with E-state index in [1.54, 1.807) is 11.1 Å². The molecule has 0 spiro atoms. The van der Waals surface area contributed by atoms with E-state index in [0.29, 0.717) is 12.1 Å². The molecule has 0 saturated carbocycles. The average Bonchev–Trinajstić information content (AvgIpc) is 3.08. The monoisotopic (exact) mass is 334 g/mol. The van der Waals surface area contributed by atoms with Crippen LogP contribution in [0, 0.1) is 6.92 Å². The Bertz CT molecular complexity index is 678. The number of piperidine rings is 1. The summed E-state index contributed by atoms with van der Waals surface area (Å²) in [4.78, 5) is 2.70. The summed E-state index contributed by atoms with van der Waals surface area (Å²) in [7, 11) is 0. The van der Waals surface area contributed by atoms with Crippen LogP contribution in [0.1, 0.15) is 42.4 Å². The maximum absolute atomic E-state index is 3.72. The fourth-order valence-corrected chi connectivity index (χ4v) is 4.61. The minimum atomic E-state index is 0.599. The lowest BCUT2D eigenvalue weighted by molar-refractivity contribution is 0.379. The standard InChI is InChI=1S/C23H30N2/c1-18-8-2-5-12-23(18)25(15-13-21-11-6-7-14-24-21)22-16-19-9-3-4-10-20(19)17-22/h2-5,8-10,12,21-22,24H,6-7,11,13-17H2,1H3/t21-/m1/s1. The molecule has 0 amide bonds. The predicted molar refractivity (Wildman–Crippen MR) is 106 cm³/mol. The molecule has 2 heteroatoms. The lowest BCUT2D eigenvalue weighted by Gasteiger charge is -2.34. The Balaban J connectivity index is 1.53. The molecule has 4 rings (SSSR count). The molecule has 2 nitrogen and oxygen atoms in total. The van der Waals surface area contributed by atoms with E-state index in [9.17, 15) is 0 Å². The van der Waals surface area contributed by atoms with Crippen molar-refractivity contribution < 1.29 is 0 Å². The van der Waals surface area contributed by atoms with Crippen molar-refractivity contribution in [3.63, 3.8) is 0 Å². The Morgan fingerprint density at radius 3 is 2.36 bits per heavy atom. The van der Waals surface area contributed by atoms with Crippen LogP contribution in [0.15, 0.2) is 48.5 Å². The van der Waals surface area contributed by atoms with Gasteiger partial charge in [0.2, 0.25) is 0 Å². The number of fused-ring (bicyclic) bond motifs is 1. The number of rotatable bonds is 5. The number of nitrogens with one attached hydrogen (secondary N) is 1. The zero-order valence-corrected chi connectivity index (χ0v) is 15.4. The van der Waals surface area contributed by atoms with Crippen molar-refractivity contribution in [2.45, 2.75) is 57.5 Å². The lowest BCUT2D eigenvalue weighted by Crippen LogP contribution is -2.42. The third kappa shape index (κ3) is 3.74. The van der Waals surface area contributed by atoms with Gasteiger partial charge in [0.1, 0.15) is 0 Å². The maximum atomic E-state index is 3.72. The van der Waals surface area contributed by atoms with Gasteiger partial charge < -0.3 is 10.2 Å². The third-order valence-electron chi connectivity index (χ3n) is 6.03. The van der Waals surface area contributed by atoms with Gasteiger partial charge in [-0.2, -0.15) is 0 Å². The van der Waals surface area contributed by atoms with E-state index in [1.807, 2.05) is 0 Å². The summed E-state index contributed by atoms with van der Waals surface area (Å²) >= 11 is 0. The summed E-state index contributed by atoms with van der Waals surface area (Å²) in [6.07, 6.45) is 7.69. The summed E-state index contributed by atoms with van der Waals surface area (Å²) in [6.45, 7) is 4.61. The number of benzene rings is 2. The van der Waals surface area contributed by atoms with Gasteiger partial charge in [0.05, 0.1) is 0 Å². The predicted octanol–water partition coefficient (Wildman–Crippen LogP) is 4.50. The Morgan fingerprint density at radius 1 is 0.960 bits per heavy atom. The second-order valence-electron chi connectivity index (χ2n) is 7.75. The highest BCUT2D eigenvalue weighted by atomic mass is 15.2. The third-order valence-corrected chi connectivity index (χ3v) is 6.03. The molecule has 1 aliphatic heterocycles. The minimum absolute atomic E-state index is 0.599. The molecule has 2 aromatic carbocycles. The molecule has 1 saturated heterocycles. The highest BCUT2D eigenvalue weighted by molar-refractivity contribution is 5.55. The van der Waals surface area contributed by atoms with Crippen LogP contribution in [0.5, 0.6) is 0 Å². The van der Waals surface area contributed by atoms with Crippen molar-refractivity contribution in [1.82, 2.24) is 5.32 Å². The largest absolute Gasteiger partial charge is 0.368 e. The van der Waals surface area contributed by atoms with Crippen LogP contribution >= 0.6 is 0 Å². The molecule has 1 atom stereocenters. The molecule has 0 bridgehead atoms. The first kappa shape index (κ1) is 16.7. The molecule has 1 aliphatic carbocycles. The van der Waals surface area contributed by atoms with Crippen molar-refractivity contribution >= 4 is 5.69 Å². The van der Waals surface area contributed by atoms with Gasteiger partial charge in [-0.05, 0) is 68.3 Å². The molecular formula is C23H30N2. The summed E-state index contributed by atoms with van der Waals surface area (Å²) in [5, 5.41) is 3.72. The Kier molecular flexibility index (Phi) is 5.07. The molecule has 1 fully saturated rings. The van der Waals surface area contributed by atoms with Gasteiger partial charge in [-0.3, -0.25) is 0 Å². The van der Waals surface area contributed by atoms with Crippen LogP contribution in [-0.2, 0) is 12.8 Å². The second-order valence-corrected chi connectivity index (χ2v) is 7.75. The molecule has 1 heterocycles. The van der Waals surface area contributed by atoms with Crippen LogP contribution in [-0.4, -0.2) is 25.2 Å². The second kappa shape index (κ2) is 7.61. The van der Waals surface area contributed by atoms with Gasteiger partial charge >= 0.3 is 0 Å². The summed E-state index contributed by atoms with van der Waals surface area (Å²) in [5.74, 6) is 0. The van der Waals surface area contributed by atoms with Crippen molar-refractivity contribution in [2.75, 3.05) is 18.0 Å². The van der Waals surface area contributed by atoms with Gasteiger partial charge in [-0.1, -0.05) is 48.9 Å². The van der Waals surface area contributed by atoms with E-state index in [2.05, 4.69) is 65.7 Å². The first-order chi connectivity index (χ1) is 12.3. The first-order valence-corrected chi connectivity index (χ1v) is 9.94. The topological polar surface area (TPSA) is 15.3 Å². The van der Waals surface area contributed by atoms with Crippen LogP contribution in [0.2, 0.25) is 0 Å². The minimum Gasteiger partial charge on any atom is -0.368 e. The first-order valence-electron chi connectivity index (χ1n) is 9.94. The van der Waals surface area contributed by atoms with Crippen LogP contribution in [0.25, 0.3) is 0 Å². The van der Waals surface area contributed by atoms with E-state index in [-0.39, 0.29) is 0 Å². The summed E-state index contributed by atoms with van der Waals surface area (Å²) < 4.78 is 0. The van der Waals surface area contributed by atoms with Crippen LogP contribution in [0.4, 0.5) is 5.69 Å². The molecule has 2 aliphatic rings. The Hall–Kier alpha value is -1.80. The Morgan fingerprint density at radius 2 is 1.68 bits per heavy atom. The smallest absolute Gasteiger partial charge is 0.0398 e. The van der Waals surface area contributed by atoms with Crippen molar-refractivity contribution in [2.24, 2.45) is 0 Å². The van der Waals surface area contributed by atoms with Gasteiger partial charge in [-0.15, -0.1) is 0 Å². The van der Waals surface area contributed by atoms with Crippen molar-refractivity contribution in [3.05, 3.63) is 65.2 Å². The molecule has 0 aromatic heterocycles. The highest BCUT2D eigenvalue weighted by Crippen LogP contribution is 2.31. The van der Waals surface area contributed by atoms with Gasteiger partial charge in [0, 0.05) is 24.3 Å². The number of anilines is 1. The molecule has 0 unspecified atom stereocenters. The maximum Gasteiger partial charge on any atom is 0.0398 e. The average molecular weight is 335 g/mol. The summed E-state index contributed by atoms with van der Waals surface area (Å²) in [5.41, 5.74) is 5.91. The molecule has 1 N–H and O–H groups in total. The van der Waals surface area contributed by atoms with Crippen LogP contribution < -0.4 is 10.2 Å². The Labute approximate surface area is 152 Å². The summed E-state index contributed by atoms with van der Waals surface area (Å²) in [6, 6.07) is 19.2. The number of hydrogen-bond donors (Lipinski definition) is 1. The fraction of sp³-hybridized carbons (Fsp3) is 0.478. The number of nitrogens with zero attached hydrogens (tertiary/aromatic N) is 1. The quantitative estimate of drug-likeness (QED) is 0.866. The van der Waals surface area contributed by atoms with E-state index < -0.39 is 0 Å². The SMILES string of the molecule is Cc1ccccc1N(CC[C@H]1CCCCN1)C1Cc2ccccc2C1. The number of hydrogen-bond acceptors (Lipinski definition) is 2. The normalized spacial score (nSPS) is 20.4. The van der Waals surface area contributed by atoms with E-state index >= 15 is 0 Å².